The van der Waals surface area contributed by atoms with E-state index in [4.69, 9.17) is 28.0 Å². The van der Waals surface area contributed by atoms with Crippen molar-refractivity contribution in [1.29, 1.82) is 0 Å². The van der Waals surface area contributed by atoms with Crippen molar-refractivity contribution in [3.05, 3.63) is 26.6 Å². The average Bonchev–Trinajstić information content (AvgIpc) is 2.29. The topological polar surface area (TPSA) is 79.6 Å². The van der Waals surface area contributed by atoms with Gasteiger partial charge >= 0.3 is 82.6 Å². The van der Waals surface area contributed by atoms with Crippen molar-refractivity contribution in [3.8, 4) is 4.20 Å². The second kappa shape index (κ2) is 343. The van der Waals surface area contributed by atoms with Crippen LogP contribution >= 0.6 is 9.42 Å². The van der Waals surface area contributed by atoms with Gasteiger partial charge in [-0.3, -0.25) is 0 Å². The summed E-state index contributed by atoms with van der Waals surface area (Å²) >= 11 is -0.532. The van der Waals surface area contributed by atoms with Gasteiger partial charge in [0.05, 0.1) is 0 Å². The molecule has 0 aliphatic rings. The Morgan fingerprint density at radius 2 is 1.00 bits per heavy atom. The minimum absolute atomic E-state index is 0.532. The first-order valence-electron chi connectivity index (χ1n) is 1.67. The van der Waals surface area contributed by atoms with Crippen molar-refractivity contribution in [2.45, 2.75) is 6.92 Å². The van der Waals surface area contributed by atoms with E-state index in [-0.39, 0.29) is 0 Å². The Morgan fingerprint density at radius 3 is 1.00 bits per heavy atom. The summed E-state index contributed by atoms with van der Waals surface area (Å²) in [5, 5.41) is 0. The summed E-state index contributed by atoms with van der Waals surface area (Å²) in [5.74, 6) is 0. The molecule has 0 spiro atoms. The van der Waals surface area contributed by atoms with Crippen LogP contribution in [0.2, 0.25) is 0 Å². The van der Waals surface area contributed by atoms with Crippen LogP contribution in [0.3, 0.4) is 0 Å². The molecule has 0 atom stereocenters. The number of halogens is 1. The van der Waals surface area contributed by atoms with Crippen LogP contribution in [0.5, 0.6) is 0 Å². The molecule has 0 saturated carbocycles. The van der Waals surface area contributed by atoms with Gasteiger partial charge in [-0.2, -0.15) is 0 Å². The Bertz CT molecular complexity index is 141. The molecule has 0 unspecified atom stereocenters. The fourth-order valence-corrected chi connectivity index (χ4v) is 0. The molecule has 0 saturated heterocycles. The third kappa shape index (κ3) is 1430. The van der Waals surface area contributed by atoms with E-state index in [2.05, 4.69) is 30.8 Å². The number of hydrogen-bond acceptors (Lipinski definition) is 0. The van der Waals surface area contributed by atoms with Crippen LogP contribution in [0.25, 0.3) is 0 Å². The molecule has 0 rings (SSSR count). The first kappa shape index (κ1) is 29.8. The fourth-order valence-electron chi connectivity index (χ4n) is 0. The van der Waals surface area contributed by atoms with E-state index in [1.807, 2.05) is 6.92 Å². The van der Waals surface area contributed by atoms with Gasteiger partial charge in [0.15, 0.2) is 0 Å². The summed E-state index contributed by atoms with van der Waals surface area (Å²) in [5.41, 5.74) is 0. The van der Waals surface area contributed by atoms with Gasteiger partial charge in [-0.1, -0.05) is 0 Å². The molecular formula is C6H3ClO4W. The van der Waals surface area contributed by atoms with Gasteiger partial charge in [-0.25, -0.2) is 0 Å². The Morgan fingerprint density at radius 1 is 0.917 bits per heavy atom. The minimum atomic E-state index is -0.532. The van der Waals surface area contributed by atoms with Crippen molar-refractivity contribution in [3.63, 3.8) is 0 Å². The van der Waals surface area contributed by atoms with Gasteiger partial charge < -0.3 is 0 Å². The van der Waals surface area contributed by atoms with E-state index in [1.165, 1.54) is 0 Å². The van der Waals surface area contributed by atoms with Gasteiger partial charge in [0, 0.05) is 0 Å². The summed E-state index contributed by atoms with van der Waals surface area (Å²) in [6.07, 6.45) is 0. The Kier molecular flexibility index (Phi) is 852. The monoisotopic (exact) mass is 358 g/mol. The van der Waals surface area contributed by atoms with Crippen molar-refractivity contribution >= 4 is 9.42 Å². The molecule has 0 bridgehead atoms. The van der Waals surface area contributed by atoms with Gasteiger partial charge in [0.25, 0.3) is 0 Å². The standard InChI is InChI=1S/C2H3.4CO.ClH.W/c5*1-2;;/h1H3;;;;;1H;/q;;;;;;+1/p-1. The van der Waals surface area contributed by atoms with Crippen LogP contribution in [0.1, 0.15) is 6.92 Å². The molecule has 0 aromatic carbocycles. The predicted octanol–water partition coefficient (Wildman–Crippen LogP) is 1.05. The second-order valence-corrected chi connectivity index (χ2v) is 3.57. The van der Waals surface area contributed by atoms with E-state index in [0.717, 1.165) is 0 Å². The van der Waals surface area contributed by atoms with E-state index in [9.17, 15) is 0 Å². The molecule has 0 radical (unpaired) electrons. The second-order valence-electron chi connectivity index (χ2n) is 0.281. The van der Waals surface area contributed by atoms with Crippen molar-refractivity contribution < 1.29 is 35.5 Å². The number of hydrogen-bond donors (Lipinski definition) is 0. The van der Waals surface area contributed by atoms with Gasteiger partial charge in [0.2, 0.25) is 0 Å². The molecule has 0 aliphatic carbocycles. The van der Waals surface area contributed by atoms with E-state index < -0.39 is 16.9 Å². The van der Waals surface area contributed by atoms with Crippen LogP contribution in [0, 0.1) is 30.8 Å². The Labute approximate surface area is 82.7 Å². The first-order valence-corrected chi connectivity index (χ1v) is 6.78. The summed E-state index contributed by atoms with van der Waals surface area (Å²) in [4.78, 5) is 0. The van der Waals surface area contributed by atoms with Crippen LogP contribution < -0.4 is 0 Å². The normalized spacial score (nSPS) is 2.17. The average molecular weight is 358 g/mol. The zero-order valence-corrected chi connectivity index (χ0v) is 9.61. The summed E-state index contributed by atoms with van der Waals surface area (Å²) in [6.45, 7) is 19.9. The molecule has 6 heteroatoms. The number of rotatable bonds is 0. The van der Waals surface area contributed by atoms with Crippen LogP contribution in [-0.2, 0) is 35.5 Å². The van der Waals surface area contributed by atoms with E-state index >= 15 is 0 Å². The van der Waals surface area contributed by atoms with Crippen molar-refractivity contribution in [2.24, 2.45) is 0 Å². The van der Waals surface area contributed by atoms with Gasteiger partial charge in [-0.05, 0) is 0 Å². The molecule has 0 heterocycles. The molecule has 64 valence electrons. The molecule has 0 amide bonds. The molecule has 12 heavy (non-hydrogen) atoms. The van der Waals surface area contributed by atoms with Gasteiger partial charge in [0.1, 0.15) is 0 Å². The van der Waals surface area contributed by atoms with Gasteiger partial charge in [-0.15, -0.1) is 0 Å². The SMILES string of the molecule is C[C]#[W][Cl].[C-]#[O+].[C-]#[O+].[C-]#[O+].[C-]#[O+]. The van der Waals surface area contributed by atoms with Crippen molar-refractivity contribution in [1.82, 2.24) is 0 Å². The quantitative estimate of drug-likeness (QED) is 0.458. The van der Waals surface area contributed by atoms with E-state index in [1.54, 1.807) is 0 Å². The predicted molar refractivity (Wildman–Crippen MR) is 31.1 cm³/mol. The molecule has 0 aromatic rings. The third-order valence-corrected chi connectivity index (χ3v) is 1.89. The first-order chi connectivity index (χ1) is 5.91. The molecule has 0 fully saturated rings. The third-order valence-electron chi connectivity index (χ3n) is 0.0772. The van der Waals surface area contributed by atoms with Crippen LogP contribution in [0.4, 0.5) is 0 Å². The summed E-state index contributed by atoms with van der Waals surface area (Å²) in [7, 11) is 5.24. The zero-order chi connectivity index (χ0) is 11.4. The molecule has 0 N–H and O–H groups in total. The summed E-state index contributed by atoms with van der Waals surface area (Å²) in [6, 6.07) is 0. The summed E-state index contributed by atoms with van der Waals surface area (Å²) < 4.78 is 32.9. The van der Waals surface area contributed by atoms with E-state index in [0.29, 0.717) is 0 Å². The molecular weight excluding hydrogens is 355 g/mol. The van der Waals surface area contributed by atoms with Crippen LogP contribution in [0.15, 0.2) is 0 Å². The zero-order valence-electron chi connectivity index (χ0n) is 5.92. The molecule has 0 aliphatic heterocycles. The molecule has 0 aromatic heterocycles. The van der Waals surface area contributed by atoms with Crippen LogP contribution in [-0.4, -0.2) is 0 Å². The fraction of sp³-hybridized carbons (Fsp3) is 0.167. The maximum absolute atomic E-state index is 7.50. The van der Waals surface area contributed by atoms with Crippen molar-refractivity contribution in [2.75, 3.05) is 0 Å². The maximum atomic E-state index is 7.50. The Balaban J connectivity index is -0.0000000181. The Hall–Kier alpha value is -0.282. The molecule has 4 nitrogen and oxygen atoms in total.